The van der Waals surface area contributed by atoms with Crippen LogP contribution in [0.2, 0.25) is 0 Å². The fraction of sp³-hybridized carbons (Fsp3) is 0.938. The summed E-state index contributed by atoms with van der Waals surface area (Å²) in [6, 6.07) is 0.318. The monoisotopic (exact) mass is 268 g/mol. The molecule has 1 N–H and O–H groups in total. The van der Waals surface area contributed by atoms with E-state index in [0.717, 1.165) is 45.3 Å². The summed E-state index contributed by atoms with van der Waals surface area (Å²) in [5.74, 6) is 0.394. The second-order valence-corrected chi connectivity index (χ2v) is 6.26. The number of carbonyl (C=O) groups is 1. The molecule has 0 aromatic carbocycles. The van der Waals surface area contributed by atoms with Crippen molar-refractivity contribution in [1.82, 2.24) is 10.2 Å². The first-order valence-corrected chi connectivity index (χ1v) is 8.09. The number of nitrogens with one attached hydrogen (secondary N) is 1. The van der Waals surface area contributed by atoms with Crippen LogP contribution in [0.15, 0.2) is 0 Å². The molecule has 19 heavy (non-hydrogen) atoms. The highest BCUT2D eigenvalue weighted by Crippen LogP contribution is 2.34. The minimum Gasteiger partial charge on any atom is -0.340 e. The standard InChI is InChI=1S/C16H32N2O/c1-5-7-8-12-18(14(3)4)15(19)16(9-6-2)10-11-17-13-16/h14,17H,5-13H2,1-4H3. The van der Waals surface area contributed by atoms with E-state index in [-0.39, 0.29) is 5.41 Å². The van der Waals surface area contributed by atoms with Gasteiger partial charge in [-0.2, -0.15) is 0 Å². The van der Waals surface area contributed by atoms with Gasteiger partial charge < -0.3 is 10.2 Å². The summed E-state index contributed by atoms with van der Waals surface area (Å²) in [7, 11) is 0. The predicted octanol–water partition coefficient (Wildman–Crippen LogP) is 3.19. The molecular formula is C16H32N2O. The summed E-state index contributed by atoms with van der Waals surface area (Å²) < 4.78 is 0. The molecular weight excluding hydrogens is 236 g/mol. The zero-order valence-corrected chi connectivity index (χ0v) is 13.3. The molecule has 0 radical (unpaired) electrons. The lowest BCUT2D eigenvalue weighted by atomic mass is 9.80. The Labute approximate surface area is 119 Å². The van der Waals surface area contributed by atoms with E-state index in [4.69, 9.17) is 0 Å². The van der Waals surface area contributed by atoms with Crippen molar-refractivity contribution in [2.24, 2.45) is 5.41 Å². The number of hydrogen-bond donors (Lipinski definition) is 1. The molecule has 1 amide bonds. The van der Waals surface area contributed by atoms with Crippen molar-refractivity contribution >= 4 is 5.91 Å². The van der Waals surface area contributed by atoms with E-state index in [9.17, 15) is 4.79 Å². The number of carbonyl (C=O) groups excluding carboxylic acids is 1. The van der Waals surface area contributed by atoms with Gasteiger partial charge in [-0.15, -0.1) is 0 Å². The van der Waals surface area contributed by atoms with Crippen molar-refractivity contribution in [2.75, 3.05) is 19.6 Å². The van der Waals surface area contributed by atoms with Crippen molar-refractivity contribution in [2.45, 2.75) is 72.3 Å². The predicted molar refractivity (Wildman–Crippen MR) is 81.2 cm³/mol. The molecule has 1 fully saturated rings. The molecule has 1 atom stereocenters. The molecule has 1 aliphatic rings. The molecule has 0 aromatic heterocycles. The van der Waals surface area contributed by atoms with Gasteiger partial charge in [0.1, 0.15) is 0 Å². The Morgan fingerprint density at radius 3 is 2.47 bits per heavy atom. The van der Waals surface area contributed by atoms with Crippen LogP contribution in [0.1, 0.15) is 66.2 Å². The van der Waals surface area contributed by atoms with Crippen molar-refractivity contribution in [3.8, 4) is 0 Å². The molecule has 1 heterocycles. The topological polar surface area (TPSA) is 32.3 Å². The van der Waals surface area contributed by atoms with E-state index in [1.807, 2.05) is 0 Å². The van der Waals surface area contributed by atoms with E-state index in [1.54, 1.807) is 0 Å². The maximum absolute atomic E-state index is 13.0. The Kier molecular flexibility index (Phi) is 6.84. The van der Waals surface area contributed by atoms with Crippen LogP contribution in [0.5, 0.6) is 0 Å². The van der Waals surface area contributed by atoms with E-state index in [2.05, 4.69) is 37.9 Å². The molecule has 0 spiro atoms. The first kappa shape index (κ1) is 16.5. The summed E-state index contributed by atoms with van der Waals surface area (Å²) in [4.78, 5) is 15.1. The smallest absolute Gasteiger partial charge is 0.230 e. The van der Waals surface area contributed by atoms with Crippen LogP contribution in [-0.4, -0.2) is 36.5 Å². The number of unbranched alkanes of at least 4 members (excludes halogenated alkanes) is 2. The van der Waals surface area contributed by atoms with Gasteiger partial charge in [-0.25, -0.2) is 0 Å². The van der Waals surface area contributed by atoms with E-state index < -0.39 is 0 Å². The van der Waals surface area contributed by atoms with E-state index in [1.165, 1.54) is 12.8 Å². The second-order valence-electron chi connectivity index (χ2n) is 6.26. The highest BCUT2D eigenvalue weighted by molar-refractivity contribution is 5.83. The van der Waals surface area contributed by atoms with Gasteiger partial charge in [-0.3, -0.25) is 4.79 Å². The summed E-state index contributed by atoms with van der Waals surface area (Å²) in [5.41, 5.74) is -0.120. The maximum atomic E-state index is 13.0. The Morgan fingerprint density at radius 2 is 2.00 bits per heavy atom. The van der Waals surface area contributed by atoms with Gasteiger partial charge in [0.2, 0.25) is 5.91 Å². The molecule has 0 aromatic rings. The average Bonchev–Trinajstić information content (AvgIpc) is 2.84. The molecule has 1 aliphatic heterocycles. The fourth-order valence-corrected chi connectivity index (χ4v) is 3.16. The van der Waals surface area contributed by atoms with Crippen LogP contribution in [-0.2, 0) is 4.79 Å². The zero-order chi connectivity index (χ0) is 14.3. The molecule has 3 nitrogen and oxygen atoms in total. The third-order valence-electron chi connectivity index (χ3n) is 4.31. The summed E-state index contributed by atoms with van der Waals surface area (Å²) in [6.07, 6.45) is 6.69. The van der Waals surface area contributed by atoms with E-state index >= 15 is 0 Å². The van der Waals surface area contributed by atoms with Gasteiger partial charge in [0.15, 0.2) is 0 Å². The Bertz CT molecular complexity index is 270. The molecule has 0 bridgehead atoms. The lowest BCUT2D eigenvalue weighted by molar-refractivity contribution is -0.143. The second kappa shape index (κ2) is 7.88. The van der Waals surface area contributed by atoms with Crippen molar-refractivity contribution in [3.63, 3.8) is 0 Å². The molecule has 1 rings (SSSR count). The van der Waals surface area contributed by atoms with E-state index in [0.29, 0.717) is 11.9 Å². The van der Waals surface area contributed by atoms with Crippen LogP contribution in [0.25, 0.3) is 0 Å². The molecule has 0 saturated carbocycles. The fourth-order valence-electron chi connectivity index (χ4n) is 3.16. The van der Waals surface area contributed by atoms with Crippen LogP contribution < -0.4 is 5.32 Å². The first-order chi connectivity index (χ1) is 9.07. The number of rotatable bonds is 8. The van der Waals surface area contributed by atoms with Gasteiger partial charge in [-0.05, 0) is 39.7 Å². The highest BCUT2D eigenvalue weighted by Gasteiger charge is 2.43. The van der Waals surface area contributed by atoms with Crippen molar-refractivity contribution in [3.05, 3.63) is 0 Å². The molecule has 3 heteroatoms. The summed E-state index contributed by atoms with van der Waals surface area (Å²) >= 11 is 0. The van der Waals surface area contributed by atoms with Gasteiger partial charge in [0.25, 0.3) is 0 Å². The summed E-state index contributed by atoms with van der Waals surface area (Å²) in [6.45, 7) is 11.5. The SMILES string of the molecule is CCCCCN(C(=O)C1(CCC)CCNC1)C(C)C. The van der Waals surface area contributed by atoms with Crippen LogP contribution in [0.3, 0.4) is 0 Å². The Morgan fingerprint density at radius 1 is 1.26 bits per heavy atom. The highest BCUT2D eigenvalue weighted by atomic mass is 16.2. The lowest BCUT2D eigenvalue weighted by Crippen LogP contribution is -2.48. The van der Waals surface area contributed by atoms with Crippen LogP contribution in [0.4, 0.5) is 0 Å². The zero-order valence-electron chi connectivity index (χ0n) is 13.3. The van der Waals surface area contributed by atoms with Gasteiger partial charge >= 0.3 is 0 Å². The molecule has 1 unspecified atom stereocenters. The maximum Gasteiger partial charge on any atom is 0.230 e. The Hall–Kier alpha value is -0.570. The lowest BCUT2D eigenvalue weighted by Gasteiger charge is -2.36. The number of amides is 1. The number of hydrogen-bond acceptors (Lipinski definition) is 2. The average molecular weight is 268 g/mol. The van der Waals surface area contributed by atoms with Crippen LogP contribution in [0, 0.1) is 5.41 Å². The third-order valence-corrected chi connectivity index (χ3v) is 4.31. The minimum absolute atomic E-state index is 0.120. The van der Waals surface area contributed by atoms with Gasteiger partial charge in [0, 0.05) is 19.1 Å². The summed E-state index contributed by atoms with van der Waals surface area (Å²) in [5, 5.41) is 3.39. The van der Waals surface area contributed by atoms with Gasteiger partial charge in [0.05, 0.1) is 5.41 Å². The molecule has 112 valence electrons. The number of nitrogens with zero attached hydrogens (tertiary/aromatic N) is 1. The van der Waals surface area contributed by atoms with Crippen LogP contribution >= 0.6 is 0 Å². The largest absolute Gasteiger partial charge is 0.340 e. The normalized spacial score (nSPS) is 23.0. The molecule has 0 aliphatic carbocycles. The minimum atomic E-state index is -0.120. The van der Waals surface area contributed by atoms with Gasteiger partial charge in [-0.1, -0.05) is 33.1 Å². The first-order valence-electron chi connectivity index (χ1n) is 8.09. The van der Waals surface area contributed by atoms with Crippen molar-refractivity contribution < 1.29 is 4.79 Å². The molecule has 1 saturated heterocycles. The Balaban J connectivity index is 2.72. The van der Waals surface area contributed by atoms with Crippen molar-refractivity contribution in [1.29, 1.82) is 0 Å². The third kappa shape index (κ3) is 4.20. The quantitative estimate of drug-likeness (QED) is 0.686.